The van der Waals surface area contributed by atoms with E-state index in [9.17, 15) is 4.79 Å². The van der Waals surface area contributed by atoms with Crippen molar-refractivity contribution in [3.63, 3.8) is 0 Å². The van der Waals surface area contributed by atoms with Crippen LogP contribution in [0.1, 0.15) is 13.8 Å². The molecule has 0 heterocycles. The lowest BCUT2D eigenvalue weighted by Crippen LogP contribution is -2.32. The topological polar surface area (TPSA) is 64.3 Å². The number of hydroxylamine groups is 1. The van der Waals surface area contributed by atoms with Gasteiger partial charge in [0.05, 0.1) is 5.92 Å². The Kier molecular flexibility index (Phi) is 3.71. The molecule has 0 saturated carbocycles. The van der Waals surface area contributed by atoms with Crippen molar-refractivity contribution in [2.24, 2.45) is 11.7 Å². The van der Waals surface area contributed by atoms with Crippen molar-refractivity contribution in [2.45, 2.75) is 13.8 Å². The molecule has 0 radical (unpaired) electrons. The van der Waals surface area contributed by atoms with Crippen LogP contribution in [0.3, 0.4) is 0 Å². The van der Waals surface area contributed by atoms with Crippen LogP contribution in [0.2, 0.25) is 0 Å². The molecule has 0 aliphatic rings. The first-order valence-corrected chi connectivity index (χ1v) is 3.21. The second-order valence-electron chi connectivity index (χ2n) is 2.04. The van der Waals surface area contributed by atoms with Crippen LogP contribution in [0.15, 0.2) is 0 Å². The van der Waals surface area contributed by atoms with Crippen molar-refractivity contribution >= 4 is 23.3 Å². The summed E-state index contributed by atoms with van der Waals surface area (Å²) in [5, 5.41) is -0.0472. The van der Waals surface area contributed by atoms with Crippen LogP contribution in [0.4, 0.5) is 0 Å². The quantitative estimate of drug-likeness (QED) is 0.417. The molecule has 0 saturated heterocycles. The molecular weight excluding hydrogens is 152 g/mol. The Balaban J connectivity index is 3.50. The van der Waals surface area contributed by atoms with Gasteiger partial charge in [0.1, 0.15) is 0 Å². The normalized spacial score (nSPS) is 9.10. The van der Waals surface area contributed by atoms with Gasteiger partial charge in [-0.15, -0.1) is 0 Å². The minimum atomic E-state index is -0.382. The van der Waals surface area contributed by atoms with Crippen LogP contribution in [-0.2, 0) is 9.63 Å². The van der Waals surface area contributed by atoms with Crippen molar-refractivity contribution in [3.05, 3.63) is 0 Å². The predicted molar refractivity (Wildman–Crippen MR) is 40.9 cm³/mol. The van der Waals surface area contributed by atoms with Crippen LogP contribution in [-0.4, -0.2) is 11.1 Å². The third kappa shape index (κ3) is 4.08. The number of nitrogens with one attached hydrogen (secondary N) is 1. The molecule has 0 rings (SSSR count). The third-order valence-corrected chi connectivity index (χ3v) is 0.807. The van der Waals surface area contributed by atoms with Crippen LogP contribution in [0.25, 0.3) is 0 Å². The number of thiocarbonyl (C=S) groups is 1. The van der Waals surface area contributed by atoms with Crippen LogP contribution >= 0.6 is 12.2 Å². The molecular formula is C5H10N2O2S. The fourth-order valence-electron chi connectivity index (χ4n) is 0.218. The Hall–Kier alpha value is -0.840. The standard InChI is InChI=1S/C5H10N2O2S/c1-3(2)4(8)9-7-5(6)10/h3H,1-2H3,(H3,6,7,10). The van der Waals surface area contributed by atoms with E-state index in [1.165, 1.54) is 0 Å². The Morgan fingerprint density at radius 2 is 2.20 bits per heavy atom. The molecule has 0 aromatic carbocycles. The van der Waals surface area contributed by atoms with Gasteiger partial charge in [-0.1, -0.05) is 13.8 Å². The van der Waals surface area contributed by atoms with Gasteiger partial charge in [0.2, 0.25) is 0 Å². The monoisotopic (exact) mass is 162 g/mol. The minimum Gasteiger partial charge on any atom is -0.374 e. The lowest BCUT2D eigenvalue weighted by atomic mass is 10.2. The maximum Gasteiger partial charge on any atom is 0.334 e. The summed E-state index contributed by atoms with van der Waals surface area (Å²) < 4.78 is 0. The van der Waals surface area contributed by atoms with E-state index in [-0.39, 0.29) is 17.0 Å². The molecule has 0 amide bonds. The summed E-state index contributed by atoms with van der Waals surface area (Å²) in [6, 6.07) is 0. The SMILES string of the molecule is CC(C)C(=O)ONC(N)=S. The maximum absolute atomic E-state index is 10.6. The second kappa shape index (κ2) is 4.05. The summed E-state index contributed by atoms with van der Waals surface area (Å²) in [6.45, 7) is 3.42. The lowest BCUT2D eigenvalue weighted by molar-refractivity contribution is -0.151. The van der Waals surface area contributed by atoms with Crippen LogP contribution in [0.5, 0.6) is 0 Å². The summed E-state index contributed by atoms with van der Waals surface area (Å²) in [5.41, 5.74) is 7.07. The number of hydrogen-bond donors (Lipinski definition) is 2. The van der Waals surface area contributed by atoms with Crippen molar-refractivity contribution in [1.29, 1.82) is 0 Å². The Bertz CT molecular complexity index is 147. The number of hydrogen-bond acceptors (Lipinski definition) is 3. The van der Waals surface area contributed by atoms with Crippen molar-refractivity contribution in [1.82, 2.24) is 5.48 Å². The van der Waals surface area contributed by atoms with E-state index in [1.807, 2.05) is 0 Å². The molecule has 3 N–H and O–H groups in total. The minimum absolute atomic E-state index is 0.0472. The number of nitrogens with two attached hydrogens (primary N) is 1. The van der Waals surface area contributed by atoms with E-state index in [1.54, 1.807) is 13.8 Å². The summed E-state index contributed by atoms with van der Waals surface area (Å²) in [5.74, 6) is -0.561. The molecule has 10 heavy (non-hydrogen) atoms. The number of rotatable bonds is 1. The first kappa shape index (κ1) is 9.16. The van der Waals surface area contributed by atoms with Gasteiger partial charge in [-0.3, -0.25) is 0 Å². The van der Waals surface area contributed by atoms with Crippen molar-refractivity contribution in [3.8, 4) is 0 Å². The molecule has 4 nitrogen and oxygen atoms in total. The molecule has 0 spiro atoms. The fraction of sp³-hybridized carbons (Fsp3) is 0.600. The summed E-state index contributed by atoms with van der Waals surface area (Å²) in [4.78, 5) is 15.1. The summed E-state index contributed by atoms with van der Waals surface area (Å²) in [7, 11) is 0. The van der Waals surface area contributed by atoms with E-state index in [2.05, 4.69) is 22.5 Å². The average Bonchev–Trinajstić information content (AvgIpc) is 1.82. The van der Waals surface area contributed by atoms with Gasteiger partial charge in [-0.2, -0.15) is 5.48 Å². The summed E-state index contributed by atoms with van der Waals surface area (Å²) >= 11 is 4.39. The largest absolute Gasteiger partial charge is 0.374 e. The average molecular weight is 162 g/mol. The molecule has 0 aromatic heterocycles. The highest BCUT2D eigenvalue weighted by Gasteiger charge is 2.07. The van der Waals surface area contributed by atoms with Gasteiger partial charge in [0.25, 0.3) is 0 Å². The van der Waals surface area contributed by atoms with E-state index in [0.717, 1.165) is 0 Å². The molecule has 0 atom stereocenters. The first-order valence-electron chi connectivity index (χ1n) is 2.80. The van der Waals surface area contributed by atoms with Crippen LogP contribution in [0, 0.1) is 5.92 Å². The number of carbonyl (C=O) groups is 1. The maximum atomic E-state index is 10.6. The predicted octanol–water partition coefficient (Wildman–Crippen LogP) is -0.0662. The van der Waals surface area contributed by atoms with Gasteiger partial charge in [0.15, 0.2) is 5.11 Å². The van der Waals surface area contributed by atoms with E-state index in [4.69, 9.17) is 5.73 Å². The molecule has 0 fully saturated rings. The van der Waals surface area contributed by atoms with E-state index >= 15 is 0 Å². The third-order valence-electron chi connectivity index (χ3n) is 0.724. The van der Waals surface area contributed by atoms with Gasteiger partial charge in [-0.05, 0) is 12.2 Å². The first-order chi connectivity index (χ1) is 4.54. The Labute approximate surface area is 64.7 Å². The van der Waals surface area contributed by atoms with Crippen LogP contribution < -0.4 is 11.2 Å². The van der Waals surface area contributed by atoms with E-state index in [0.29, 0.717) is 0 Å². The van der Waals surface area contributed by atoms with Crippen molar-refractivity contribution in [2.75, 3.05) is 0 Å². The molecule has 5 heteroatoms. The van der Waals surface area contributed by atoms with Gasteiger partial charge < -0.3 is 10.6 Å². The Morgan fingerprint density at radius 3 is 2.50 bits per heavy atom. The zero-order valence-electron chi connectivity index (χ0n) is 5.88. The number of carbonyl (C=O) groups excluding carboxylic acids is 1. The molecule has 58 valence electrons. The van der Waals surface area contributed by atoms with Gasteiger partial charge >= 0.3 is 5.97 Å². The summed E-state index contributed by atoms with van der Waals surface area (Å²) in [6.07, 6.45) is 0. The zero-order valence-corrected chi connectivity index (χ0v) is 6.70. The van der Waals surface area contributed by atoms with Crippen molar-refractivity contribution < 1.29 is 9.63 Å². The Morgan fingerprint density at radius 1 is 1.70 bits per heavy atom. The fourth-order valence-corrected chi connectivity index (χ4v) is 0.260. The molecule has 0 bridgehead atoms. The van der Waals surface area contributed by atoms with Gasteiger partial charge in [-0.25, -0.2) is 4.79 Å². The highest BCUT2D eigenvalue weighted by Crippen LogP contribution is 1.92. The molecule has 0 aliphatic heterocycles. The molecule has 0 aromatic rings. The zero-order chi connectivity index (χ0) is 8.15. The van der Waals surface area contributed by atoms with Gasteiger partial charge in [0, 0.05) is 0 Å². The molecule has 0 unspecified atom stereocenters. The van der Waals surface area contributed by atoms with E-state index < -0.39 is 0 Å². The highest BCUT2D eigenvalue weighted by atomic mass is 32.1. The lowest BCUT2D eigenvalue weighted by Gasteiger charge is -2.05. The highest BCUT2D eigenvalue weighted by molar-refractivity contribution is 7.80. The second-order valence-corrected chi connectivity index (χ2v) is 2.48. The molecule has 0 aliphatic carbocycles. The smallest absolute Gasteiger partial charge is 0.334 e.